The quantitative estimate of drug-likeness (QED) is 0.574. The Morgan fingerprint density at radius 3 is 2.64 bits per heavy atom. The Morgan fingerprint density at radius 1 is 1.12 bits per heavy atom. The smallest absolute Gasteiger partial charge is 0.251 e. The van der Waals surface area contributed by atoms with Gasteiger partial charge in [0.15, 0.2) is 17.3 Å². The number of H-pyrrole nitrogens is 1. The maximum Gasteiger partial charge on any atom is 0.251 e. The first-order valence-corrected chi connectivity index (χ1v) is 8.06. The number of ether oxygens (including phenoxy) is 1. The maximum atomic E-state index is 12.4. The van der Waals surface area contributed by atoms with Crippen LogP contribution < -0.4 is 10.3 Å². The zero-order valence-electron chi connectivity index (χ0n) is 13.2. The molecule has 2 aliphatic rings. The van der Waals surface area contributed by atoms with E-state index < -0.39 is 18.1 Å². The summed E-state index contributed by atoms with van der Waals surface area (Å²) >= 11 is 0. The predicted molar refractivity (Wildman–Crippen MR) is 86.8 cm³/mol. The molecule has 130 valence electrons. The number of aliphatic hydroxyl groups is 1. The second kappa shape index (κ2) is 5.63. The Bertz CT molecular complexity index is 905. The van der Waals surface area contributed by atoms with Crippen LogP contribution in [-0.2, 0) is 4.79 Å². The Labute approximate surface area is 142 Å². The summed E-state index contributed by atoms with van der Waals surface area (Å²) < 4.78 is 5.87. The molecule has 2 heterocycles. The van der Waals surface area contributed by atoms with Crippen molar-refractivity contribution < 1.29 is 24.9 Å². The first-order valence-electron chi connectivity index (χ1n) is 8.06. The largest absolute Gasteiger partial charge is 0.504 e. The predicted octanol–water partition coefficient (Wildman–Crippen LogP) is 1.02. The second-order valence-electron chi connectivity index (χ2n) is 6.55. The average Bonchev–Trinajstić information content (AvgIpc) is 2.57. The second-order valence-corrected chi connectivity index (χ2v) is 6.55. The summed E-state index contributed by atoms with van der Waals surface area (Å²) in [5.41, 5.74) is 0.738. The van der Waals surface area contributed by atoms with Crippen LogP contribution in [0.4, 0.5) is 0 Å². The molecule has 1 aromatic heterocycles. The molecule has 4 rings (SSSR count). The van der Waals surface area contributed by atoms with Gasteiger partial charge in [0.25, 0.3) is 5.56 Å². The van der Waals surface area contributed by atoms with Gasteiger partial charge in [-0.3, -0.25) is 9.59 Å². The number of benzene rings is 1. The number of pyridine rings is 1. The minimum atomic E-state index is -1.09. The van der Waals surface area contributed by atoms with Gasteiger partial charge in [-0.05, 0) is 18.6 Å². The summed E-state index contributed by atoms with van der Waals surface area (Å²) in [4.78, 5) is 26.9. The molecule has 4 unspecified atom stereocenters. The fourth-order valence-corrected chi connectivity index (χ4v) is 3.90. The van der Waals surface area contributed by atoms with Gasteiger partial charge in [0.1, 0.15) is 18.0 Å². The molecule has 1 fully saturated rings. The molecule has 7 heteroatoms. The van der Waals surface area contributed by atoms with Gasteiger partial charge in [0.2, 0.25) is 0 Å². The van der Waals surface area contributed by atoms with E-state index in [1.807, 2.05) is 0 Å². The van der Waals surface area contributed by atoms with Gasteiger partial charge in [-0.15, -0.1) is 0 Å². The number of aliphatic hydroxyl groups excluding tert-OH is 1. The summed E-state index contributed by atoms with van der Waals surface area (Å²) in [5, 5.41) is 29.7. The molecule has 0 saturated heterocycles. The van der Waals surface area contributed by atoms with Gasteiger partial charge in [0, 0.05) is 41.6 Å². The van der Waals surface area contributed by atoms with E-state index in [2.05, 4.69) is 4.98 Å². The molecule has 0 bridgehead atoms. The number of hydrogen-bond acceptors (Lipinski definition) is 6. The van der Waals surface area contributed by atoms with Crippen molar-refractivity contribution in [1.29, 1.82) is 0 Å². The van der Waals surface area contributed by atoms with Crippen LogP contribution in [0.25, 0.3) is 0 Å². The van der Waals surface area contributed by atoms with Crippen LogP contribution in [0.15, 0.2) is 35.3 Å². The van der Waals surface area contributed by atoms with Crippen LogP contribution in [0.3, 0.4) is 0 Å². The number of phenols is 2. The monoisotopic (exact) mass is 343 g/mol. The maximum absolute atomic E-state index is 12.4. The number of rotatable bonds is 1. The topological polar surface area (TPSA) is 120 Å². The van der Waals surface area contributed by atoms with E-state index in [0.717, 1.165) is 0 Å². The zero-order valence-corrected chi connectivity index (χ0v) is 13.2. The molecule has 1 saturated carbocycles. The Morgan fingerprint density at radius 2 is 1.88 bits per heavy atom. The summed E-state index contributed by atoms with van der Waals surface area (Å²) in [6, 6.07) is 6.05. The van der Waals surface area contributed by atoms with Crippen LogP contribution in [0.2, 0.25) is 0 Å². The summed E-state index contributed by atoms with van der Waals surface area (Å²) in [6.07, 6.45) is 0.133. The van der Waals surface area contributed by atoms with Crippen molar-refractivity contribution >= 4 is 5.78 Å². The van der Waals surface area contributed by atoms with Crippen LogP contribution >= 0.6 is 0 Å². The molecule has 25 heavy (non-hydrogen) atoms. The molecular weight excluding hydrogens is 326 g/mol. The molecule has 1 aromatic carbocycles. The van der Waals surface area contributed by atoms with Crippen LogP contribution in [0.5, 0.6) is 17.2 Å². The SMILES string of the molecule is O=C1CC2Oc3cc(O)c(O)cc3C(c3ccc[nH]c3=O)C2CC1O. The molecule has 4 atom stereocenters. The molecule has 0 spiro atoms. The fourth-order valence-electron chi connectivity index (χ4n) is 3.90. The fraction of sp³-hybridized carbons (Fsp3) is 0.333. The number of hydrogen-bond donors (Lipinski definition) is 4. The lowest BCUT2D eigenvalue weighted by Gasteiger charge is -2.43. The van der Waals surface area contributed by atoms with E-state index in [9.17, 15) is 24.9 Å². The van der Waals surface area contributed by atoms with Crippen molar-refractivity contribution in [3.05, 3.63) is 51.9 Å². The van der Waals surface area contributed by atoms with Crippen LogP contribution in [0, 0.1) is 5.92 Å². The number of carbonyl (C=O) groups is 1. The lowest BCUT2D eigenvalue weighted by Crippen LogP contribution is -2.47. The van der Waals surface area contributed by atoms with Crippen LogP contribution in [-0.4, -0.2) is 38.3 Å². The summed E-state index contributed by atoms with van der Waals surface area (Å²) in [5.74, 6) is -1.38. The highest BCUT2D eigenvalue weighted by Crippen LogP contribution is 2.50. The Kier molecular flexibility index (Phi) is 3.54. The molecule has 1 aliphatic heterocycles. The number of Topliss-reactive ketones (excluding diaryl/α,β-unsaturated/α-hetero) is 1. The zero-order chi connectivity index (χ0) is 17.7. The number of aromatic nitrogens is 1. The van der Waals surface area contributed by atoms with Crippen LogP contribution in [0.1, 0.15) is 29.9 Å². The van der Waals surface area contributed by atoms with E-state index in [1.165, 1.54) is 18.3 Å². The third kappa shape index (κ3) is 2.47. The number of fused-ring (bicyclic) bond motifs is 2. The number of carbonyl (C=O) groups excluding carboxylic acids is 1. The van der Waals surface area contributed by atoms with Crippen molar-refractivity contribution in [2.75, 3.05) is 0 Å². The normalized spacial score (nSPS) is 28.0. The standard InChI is InChI=1S/C18H17NO6/c20-11-4-9-15(6-13(11)22)25-16-7-14(23)12(21)5-10(16)17(9)8-2-1-3-19-18(8)24/h1-4,6,10,12,16-17,20-22H,5,7H2,(H,19,24). The van der Waals surface area contributed by atoms with E-state index in [4.69, 9.17) is 4.74 Å². The minimum absolute atomic E-state index is 0.0359. The highest BCUT2D eigenvalue weighted by molar-refractivity contribution is 5.84. The first-order chi connectivity index (χ1) is 12.0. The molecular formula is C18H17NO6. The van der Waals surface area contributed by atoms with Gasteiger partial charge in [-0.2, -0.15) is 0 Å². The third-order valence-corrected chi connectivity index (χ3v) is 5.08. The first kappa shape index (κ1) is 15.7. The molecule has 7 nitrogen and oxygen atoms in total. The summed E-state index contributed by atoms with van der Waals surface area (Å²) in [7, 11) is 0. The van der Waals surface area contributed by atoms with E-state index in [-0.39, 0.29) is 41.6 Å². The molecule has 4 N–H and O–H groups in total. The molecule has 2 aromatic rings. The van der Waals surface area contributed by atoms with Gasteiger partial charge >= 0.3 is 0 Å². The van der Waals surface area contributed by atoms with Gasteiger partial charge < -0.3 is 25.0 Å². The van der Waals surface area contributed by atoms with Crippen molar-refractivity contribution in [3.63, 3.8) is 0 Å². The van der Waals surface area contributed by atoms with E-state index in [0.29, 0.717) is 16.9 Å². The number of nitrogens with one attached hydrogen (secondary N) is 1. The van der Waals surface area contributed by atoms with E-state index >= 15 is 0 Å². The van der Waals surface area contributed by atoms with E-state index in [1.54, 1.807) is 12.1 Å². The molecule has 1 aliphatic carbocycles. The molecule has 0 amide bonds. The molecule has 0 radical (unpaired) electrons. The van der Waals surface area contributed by atoms with Crippen molar-refractivity contribution in [2.24, 2.45) is 5.92 Å². The minimum Gasteiger partial charge on any atom is -0.504 e. The average molecular weight is 343 g/mol. The van der Waals surface area contributed by atoms with Crippen molar-refractivity contribution in [1.82, 2.24) is 4.98 Å². The number of aromatic amines is 1. The Balaban J connectivity index is 1.92. The summed E-state index contributed by atoms with van der Waals surface area (Å²) in [6.45, 7) is 0. The number of aromatic hydroxyl groups is 2. The number of phenolic OH excluding ortho intramolecular Hbond substituents is 2. The van der Waals surface area contributed by atoms with Crippen molar-refractivity contribution in [3.8, 4) is 17.2 Å². The van der Waals surface area contributed by atoms with Gasteiger partial charge in [-0.1, -0.05) is 6.07 Å². The highest BCUT2D eigenvalue weighted by atomic mass is 16.5. The van der Waals surface area contributed by atoms with Crippen molar-refractivity contribution in [2.45, 2.75) is 31.0 Å². The van der Waals surface area contributed by atoms with Gasteiger partial charge in [0.05, 0.1) is 0 Å². The third-order valence-electron chi connectivity index (χ3n) is 5.08. The van der Waals surface area contributed by atoms with Gasteiger partial charge in [-0.25, -0.2) is 0 Å². The number of ketones is 1. The lowest BCUT2D eigenvalue weighted by molar-refractivity contribution is -0.135. The Hall–Kier alpha value is -2.80. The highest BCUT2D eigenvalue weighted by Gasteiger charge is 2.46. The lowest BCUT2D eigenvalue weighted by atomic mass is 9.69.